The molecule has 0 fully saturated rings. The Morgan fingerprint density at radius 3 is 0.797 bits per heavy atom. The second-order valence-corrected chi connectivity index (χ2v) is 14.8. The number of nitrogens with zero attached hydrogens (tertiary/aromatic N) is 2. The Balaban J connectivity index is 0.000000241. The minimum atomic E-state index is -0.498. The molecule has 0 bridgehead atoms. The third-order valence-corrected chi connectivity index (χ3v) is 9.44. The predicted molar refractivity (Wildman–Crippen MR) is 248 cm³/mol. The van der Waals surface area contributed by atoms with Gasteiger partial charge in [-0.15, -0.1) is 0 Å². The predicted octanol–water partition coefficient (Wildman–Crippen LogP) is 10.7. The zero-order chi connectivity index (χ0) is 45.8. The van der Waals surface area contributed by atoms with Crippen molar-refractivity contribution in [3.63, 3.8) is 0 Å². The second kappa shape index (κ2) is 24.1. The van der Waals surface area contributed by atoms with E-state index in [1.165, 1.54) is 0 Å². The molecule has 0 atom stereocenters. The summed E-state index contributed by atoms with van der Waals surface area (Å²) >= 11 is 0. The highest BCUT2D eigenvalue weighted by Gasteiger charge is 2.14. The Morgan fingerprint density at radius 1 is 0.344 bits per heavy atom. The van der Waals surface area contributed by atoms with Crippen LogP contribution in [0.5, 0.6) is 34.5 Å². The molecule has 0 saturated heterocycles. The first-order chi connectivity index (χ1) is 30.9. The first-order valence-corrected chi connectivity index (χ1v) is 21.0. The molecule has 0 aliphatic rings. The maximum Gasteiger partial charge on any atom is 0.343 e. The third-order valence-electron chi connectivity index (χ3n) is 9.44. The largest absolute Gasteiger partial charge is 0.494 e. The van der Waals surface area contributed by atoms with Crippen LogP contribution >= 0.6 is 0 Å². The number of anilines is 2. The average Bonchev–Trinajstić information content (AvgIpc) is 3.31. The molecular formula is C52H54N2O10. The van der Waals surface area contributed by atoms with Crippen molar-refractivity contribution in [2.75, 3.05) is 51.2 Å². The molecule has 0 amide bonds. The van der Waals surface area contributed by atoms with Crippen LogP contribution in [0.25, 0.3) is 0 Å². The van der Waals surface area contributed by atoms with Gasteiger partial charge in [0.1, 0.15) is 34.5 Å². The van der Waals surface area contributed by atoms with E-state index >= 15 is 0 Å². The number of hydrogen-bond donors (Lipinski definition) is 0. The van der Waals surface area contributed by atoms with Crippen LogP contribution in [0.15, 0.2) is 146 Å². The molecule has 0 radical (unpaired) electrons. The normalized spacial score (nSPS) is 10.3. The highest BCUT2D eigenvalue weighted by Crippen LogP contribution is 2.23. The number of unbranched alkanes of at least 4 members (excludes halogenated alkanes) is 2. The molecule has 332 valence electrons. The second-order valence-electron chi connectivity index (χ2n) is 14.8. The molecule has 6 aromatic carbocycles. The van der Waals surface area contributed by atoms with Gasteiger partial charge >= 0.3 is 23.9 Å². The van der Waals surface area contributed by atoms with Crippen LogP contribution in [0.2, 0.25) is 0 Å². The first-order valence-electron chi connectivity index (χ1n) is 21.0. The Morgan fingerprint density at radius 2 is 0.562 bits per heavy atom. The number of ether oxygens (including phenoxy) is 6. The molecule has 0 unspecified atom stereocenters. The molecule has 0 aliphatic carbocycles. The van der Waals surface area contributed by atoms with Gasteiger partial charge in [-0.25, -0.2) is 19.2 Å². The molecule has 0 spiro atoms. The van der Waals surface area contributed by atoms with Crippen LogP contribution in [0.4, 0.5) is 11.4 Å². The summed E-state index contributed by atoms with van der Waals surface area (Å²) in [6.45, 7) is 5.53. The minimum Gasteiger partial charge on any atom is -0.494 e. The molecule has 6 aromatic rings. The maximum absolute atomic E-state index is 12.4. The van der Waals surface area contributed by atoms with Gasteiger partial charge in [0, 0.05) is 39.6 Å². The van der Waals surface area contributed by atoms with Gasteiger partial charge in [-0.1, -0.05) is 26.7 Å². The number of hydrogen-bond acceptors (Lipinski definition) is 12. The minimum absolute atomic E-state index is 0.344. The van der Waals surface area contributed by atoms with E-state index in [1.54, 1.807) is 121 Å². The van der Waals surface area contributed by atoms with E-state index < -0.39 is 23.9 Å². The van der Waals surface area contributed by atoms with Crippen LogP contribution in [-0.2, 0) is 0 Å². The zero-order valence-electron chi connectivity index (χ0n) is 37.1. The first kappa shape index (κ1) is 47.4. The van der Waals surface area contributed by atoms with Crippen LogP contribution < -0.4 is 38.2 Å². The summed E-state index contributed by atoms with van der Waals surface area (Å²) in [6, 6.07) is 40.6. The van der Waals surface area contributed by atoms with Crippen molar-refractivity contribution >= 4 is 35.3 Å². The van der Waals surface area contributed by atoms with Gasteiger partial charge in [0.25, 0.3) is 0 Å². The fourth-order valence-corrected chi connectivity index (χ4v) is 5.65. The van der Waals surface area contributed by atoms with Crippen molar-refractivity contribution in [3.05, 3.63) is 168 Å². The van der Waals surface area contributed by atoms with Crippen molar-refractivity contribution in [1.82, 2.24) is 0 Å². The number of rotatable bonds is 18. The van der Waals surface area contributed by atoms with Gasteiger partial charge in [0.2, 0.25) is 0 Å². The third kappa shape index (κ3) is 14.8. The van der Waals surface area contributed by atoms with Crippen molar-refractivity contribution < 1.29 is 47.6 Å². The van der Waals surface area contributed by atoms with E-state index in [2.05, 4.69) is 13.8 Å². The molecular weight excluding hydrogens is 813 g/mol. The standard InChI is InChI=1S/2C26H27NO5/c2*1-4-5-18-30-22-14-16-24(17-15-22)32-26(29)20-8-12-23(13-9-20)31-25(28)19-6-10-21(11-7-19)27(2)3/h2*6-17H,4-5,18H2,1-3H3. The average molecular weight is 867 g/mol. The molecule has 0 aliphatic heterocycles. The quantitative estimate of drug-likeness (QED) is 0.0463. The molecule has 64 heavy (non-hydrogen) atoms. The van der Waals surface area contributed by atoms with E-state index in [9.17, 15) is 19.2 Å². The fourth-order valence-electron chi connectivity index (χ4n) is 5.65. The summed E-state index contributed by atoms with van der Waals surface area (Å²) in [4.78, 5) is 53.3. The Kier molecular flexibility index (Phi) is 17.9. The highest BCUT2D eigenvalue weighted by molar-refractivity contribution is 5.94. The molecule has 12 heteroatoms. The summed E-state index contributed by atoms with van der Waals surface area (Å²) in [7, 11) is 7.71. The van der Waals surface area contributed by atoms with Crippen LogP contribution in [0.3, 0.4) is 0 Å². The lowest BCUT2D eigenvalue weighted by molar-refractivity contribution is 0.0720. The summed E-state index contributed by atoms with van der Waals surface area (Å²) in [6.07, 6.45) is 4.12. The fraction of sp³-hybridized carbons (Fsp3) is 0.231. The van der Waals surface area contributed by atoms with Crippen LogP contribution in [0.1, 0.15) is 81.0 Å². The molecule has 12 nitrogen and oxygen atoms in total. The van der Waals surface area contributed by atoms with Gasteiger partial charge in [-0.05, 0) is 158 Å². The van der Waals surface area contributed by atoms with Gasteiger partial charge in [0.15, 0.2) is 0 Å². The lowest BCUT2D eigenvalue weighted by Crippen LogP contribution is -2.11. The van der Waals surface area contributed by atoms with Crippen molar-refractivity contribution in [2.45, 2.75) is 39.5 Å². The van der Waals surface area contributed by atoms with Crippen molar-refractivity contribution in [1.29, 1.82) is 0 Å². The number of esters is 4. The van der Waals surface area contributed by atoms with Gasteiger partial charge < -0.3 is 38.2 Å². The summed E-state index contributed by atoms with van der Waals surface area (Å²) in [5, 5.41) is 0. The lowest BCUT2D eigenvalue weighted by atomic mass is 10.2. The van der Waals surface area contributed by atoms with E-state index in [4.69, 9.17) is 28.4 Å². The van der Waals surface area contributed by atoms with E-state index in [0.717, 1.165) is 48.6 Å². The Bertz CT molecular complexity index is 2220. The summed E-state index contributed by atoms with van der Waals surface area (Å²) < 4.78 is 32.8. The monoisotopic (exact) mass is 866 g/mol. The van der Waals surface area contributed by atoms with Crippen molar-refractivity contribution in [2.24, 2.45) is 0 Å². The number of carbonyl (C=O) groups is 4. The van der Waals surface area contributed by atoms with Crippen LogP contribution in [0, 0.1) is 0 Å². The lowest BCUT2D eigenvalue weighted by Gasteiger charge is -2.12. The van der Waals surface area contributed by atoms with E-state index in [1.807, 2.05) is 62.3 Å². The number of carbonyl (C=O) groups excluding carboxylic acids is 4. The van der Waals surface area contributed by atoms with Gasteiger partial charge in [-0.2, -0.15) is 0 Å². The SMILES string of the molecule is CCCCOc1ccc(OC(=O)c2ccc(OC(=O)c3ccc(N(C)C)cc3)cc2)cc1.CCCCOc1ccc(OC(=O)c2ccc(OC(=O)c3ccc(N(C)C)cc3)cc2)cc1. The molecule has 0 heterocycles. The maximum atomic E-state index is 12.4. The Labute approximate surface area is 374 Å². The summed E-state index contributed by atoms with van der Waals surface area (Å²) in [5.74, 6) is 1.08. The summed E-state index contributed by atoms with van der Waals surface area (Å²) in [5.41, 5.74) is 3.57. The number of benzene rings is 6. The topological polar surface area (TPSA) is 130 Å². The molecule has 0 N–H and O–H groups in total. The van der Waals surface area contributed by atoms with Gasteiger partial charge in [-0.3, -0.25) is 0 Å². The van der Waals surface area contributed by atoms with E-state index in [-0.39, 0.29) is 0 Å². The molecule has 0 aromatic heterocycles. The smallest absolute Gasteiger partial charge is 0.343 e. The molecule has 6 rings (SSSR count). The van der Waals surface area contributed by atoms with Gasteiger partial charge in [0.05, 0.1) is 35.5 Å². The molecule has 0 saturated carbocycles. The highest BCUT2D eigenvalue weighted by atomic mass is 16.5. The Hall–Kier alpha value is -7.60. The van der Waals surface area contributed by atoms with Crippen LogP contribution in [-0.4, -0.2) is 65.3 Å². The zero-order valence-corrected chi connectivity index (χ0v) is 37.1. The van der Waals surface area contributed by atoms with E-state index in [0.29, 0.717) is 58.5 Å². The van der Waals surface area contributed by atoms with Crippen molar-refractivity contribution in [3.8, 4) is 34.5 Å².